The summed E-state index contributed by atoms with van der Waals surface area (Å²) < 4.78 is 30.9. The molecule has 0 radical (unpaired) electrons. The number of amides is 2. The molecule has 0 aromatic heterocycles. The molecule has 1 aliphatic heterocycles. The Bertz CT molecular complexity index is 460. The molecule has 122 valence electrons. The normalized spacial score (nSPS) is 19.5. The first-order valence-corrected chi connectivity index (χ1v) is 9.18. The summed E-state index contributed by atoms with van der Waals surface area (Å²) in [6.07, 6.45) is 8.30. The van der Waals surface area contributed by atoms with Gasteiger partial charge in [0.05, 0.1) is 6.42 Å². The molecule has 0 saturated carbocycles. The van der Waals surface area contributed by atoms with Crippen molar-refractivity contribution in [3.05, 3.63) is 0 Å². The van der Waals surface area contributed by atoms with Crippen molar-refractivity contribution in [2.45, 2.75) is 70.0 Å². The Morgan fingerprint density at radius 2 is 1.57 bits per heavy atom. The second-order valence-electron chi connectivity index (χ2n) is 5.57. The molecule has 1 heterocycles. The van der Waals surface area contributed by atoms with Crippen LogP contribution in [0.4, 0.5) is 0 Å². The quantitative estimate of drug-likeness (QED) is 0.378. The Morgan fingerprint density at radius 3 is 2.05 bits per heavy atom. The van der Waals surface area contributed by atoms with Crippen LogP contribution in [0.5, 0.6) is 0 Å². The number of likely N-dealkylation sites (tertiary alicyclic amines) is 1. The number of hydrogen-bond acceptors (Lipinski definition) is 4. The number of hydrogen-bond donors (Lipinski definition) is 1. The Morgan fingerprint density at radius 1 is 1.05 bits per heavy atom. The van der Waals surface area contributed by atoms with Gasteiger partial charge in [0.1, 0.15) is 0 Å². The summed E-state index contributed by atoms with van der Waals surface area (Å²) in [7, 11) is -4.48. The Balaban J connectivity index is 2.24. The first-order valence-electron chi connectivity index (χ1n) is 7.68. The maximum absolute atomic E-state index is 11.8. The average Bonchev–Trinajstić information content (AvgIpc) is 2.69. The van der Waals surface area contributed by atoms with E-state index in [4.69, 9.17) is 4.55 Å². The van der Waals surface area contributed by atoms with Crippen LogP contribution in [0, 0.1) is 0 Å². The van der Waals surface area contributed by atoms with Crippen LogP contribution in [0.25, 0.3) is 0 Å². The van der Waals surface area contributed by atoms with Gasteiger partial charge in [-0.25, -0.2) is 0 Å². The highest BCUT2D eigenvalue weighted by molar-refractivity contribution is 7.87. The summed E-state index contributed by atoms with van der Waals surface area (Å²) in [6.45, 7) is 2.42. The summed E-state index contributed by atoms with van der Waals surface area (Å²) in [5, 5.41) is -1.60. The van der Waals surface area contributed by atoms with Gasteiger partial charge in [0.25, 0.3) is 16.0 Å². The fraction of sp³-hybridized carbons (Fsp3) is 0.857. The first-order chi connectivity index (χ1) is 9.88. The molecular weight excluding hydrogens is 294 g/mol. The molecule has 1 saturated heterocycles. The number of carbonyl (C=O) groups excluding carboxylic acids is 2. The minimum atomic E-state index is -4.48. The zero-order valence-corrected chi connectivity index (χ0v) is 13.4. The number of nitrogens with zero attached hydrogens (tertiary/aromatic N) is 1. The lowest BCUT2D eigenvalue weighted by Crippen LogP contribution is -2.35. The topological polar surface area (TPSA) is 91.8 Å². The van der Waals surface area contributed by atoms with Crippen LogP contribution in [0.3, 0.4) is 0 Å². The van der Waals surface area contributed by atoms with E-state index in [0.717, 1.165) is 24.2 Å². The Hall–Kier alpha value is -0.950. The van der Waals surface area contributed by atoms with Crippen LogP contribution in [0.1, 0.15) is 64.7 Å². The van der Waals surface area contributed by atoms with Crippen LogP contribution in [-0.2, 0) is 19.7 Å². The molecule has 6 nitrogen and oxygen atoms in total. The van der Waals surface area contributed by atoms with E-state index in [1.807, 2.05) is 0 Å². The van der Waals surface area contributed by atoms with Gasteiger partial charge in [-0.15, -0.1) is 0 Å². The third-order valence-electron chi connectivity index (χ3n) is 3.80. The van der Waals surface area contributed by atoms with Gasteiger partial charge in [-0.3, -0.25) is 19.0 Å². The van der Waals surface area contributed by atoms with Crippen LogP contribution < -0.4 is 0 Å². The van der Waals surface area contributed by atoms with Crippen molar-refractivity contribution in [3.8, 4) is 0 Å². The Labute approximate surface area is 126 Å². The van der Waals surface area contributed by atoms with E-state index in [9.17, 15) is 18.0 Å². The lowest BCUT2D eigenvalue weighted by atomic mass is 10.1. The van der Waals surface area contributed by atoms with Gasteiger partial charge in [-0.2, -0.15) is 8.42 Å². The van der Waals surface area contributed by atoms with Crippen LogP contribution in [0.15, 0.2) is 0 Å². The summed E-state index contributed by atoms with van der Waals surface area (Å²) in [4.78, 5) is 24.3. The summed E-state index contributed by atoms with van der Waals surface area (Å²) >= 11 is 0. The van der Waals surface area contributed by atoms with Crippen molar-refractivity contribution in [2.75, 3.05) is 6.54 Å². The molecular formula is C14H25NO5S. The molecule has 21 heavy (non-hydrogen) atoms. The van der Waals surface area contributed by atoms with Crippen molar-refractivity contribution < 1.29 is 22.6 Å². The van der Waals surface area contributed by atoms with E-state index in [-0.39, 0.29) is 6.54 Å². The third kappa shape index (κ3) is 5.74. The van der Waals surface area contributed by atoms with Crippen molar-refractivity contribution in [3.63, 3.8) is 0 Å². The molecule has 1 unspecified atom stereocenters. The molecule has 0 aromatic carbocycles. The van der Waals surface area contributed by atoms with Crippen molar-refractivity contribution in [1.29, 1.82) is 0 Å². The minimum absolute atomic E-state index is 0.249. The lowest BCUT2D eigenvalue weighted by molar-refractivity contribution is -0.138. The molecule has 1 N–H and O–H groups in total. The standard InChI is InChI=1S/C14H25NO5S/c1-2-3-4-5-6-7-8-9-10-15-13(16)11-12(14(15)17)21(18,19)20/h12H,2-11H2,1H3,(H,18,19,20). The molecule has 1 aliphatic rings. The van der Waals surface area contributed by atoms with E-state index in [2.05, 4.69) is 6.92 Å². The summed E-state index contributed by atoms with van der Waals surface area (Å²) in [5.41, 5.74) is 0. The predicted octanol–water partition coefficient (Wildman–Crippen LogP) is 2.14. The lowest BCUT2D eigenvalue weighted by Gasteiger charge is -2.14. The highest BCUT2D eigenvalue weighted by atomic mass is 32.2. The van der Waals surface area contributed by atoms with Crippen molar-refractivity contribution in [2.24, 2.45) is 0 Å². The fourth-order valence-electron chi connectivity index (χ4n) is 2.52. The maximum Gasteiger partial charge on any atom is 0.277 e. The molecule has 2 amide bonds. The van der Waals surface area contributed by atoms with Crippen LogP contribution >= 0.6 is 0 Å². The van der Waals surface area contributed by atoms with Gasteiger partial charge in [0.15, 0.2) is 5.25 Å². The van der Waals surface area contributed by atoms with Crippen LogP contribution in [0.2, 0.25) is 0 Å². The summed E-state index contributed by atoms with van der Waals surface area (Å²) in [6, 6.07) is 0. The molecule has 1 atom stereocenters. The SMILES string of the molecule is CCCCCCCCCCN1C(=O)CC(S(=O)(=O)O)C1=O. The maximum atomic E-state index is 11.8. The van der Waals surface area contributed by atoms with Gasteiger partial charge >= 0.3 is 0 Å². The van der Waals surface area contributed by atoms with E-state index in [1.165, 1.54) is 25.7 Å². The molecule has 1 fully saturated rings. The third-order valence-corrected chi connectivity index (χ3v) is 4.88. The second kappa shape index (κ2) is 8.48. The first kappa shape index (κ1) is 18.1. The molecule has 0 aliphatic carbocycles. The smallest absolute Gasteiger partial charge is 0.277 e. The van der Waals surface area contributed by atoms with E-state index >= 15 is 0 Å². The number of unbranched alkanes of at least 4 members (excludes halogenated alkanes) is 7. The predicted molar refractivity (Wildman–Crippen MR) is 79.3 cm³/mol. The van der Waals surface area contributed by atoms with Crippen molar-refractivity contribution >= 4 is 21.9 Å². The zero-order valence-electron chi connectivity index (χ0n) is 12.6. The van der Waals surface area contributed by atoms with Gasteiger partial charge < -0.3 is 0 Å². The number of rotatable bonds is 10. The van der Waals surface area contributed by atoms with Gasteiger partial charge in [-0.1, -0.05) is 51.9 Å². The van der Waals surface area contributed by atoms with E-state index < -0.39 is 33.6 Å². The molecule has 1 rings (SSSR count). The highest BCUT2D eigenvalue weighted by Crippen LogP contribution is 2.20. The minimum Gasteiger partial charge on any atom is -0.285 e. The highest BCUT2D eigenvalue weighted by Gasteiger charge is 2.45. The zero-order chi connectivity index (χ0) is 15.9. The van der Waals surface area contributed by atoms with Crippen LogP contribution in [-0.4, -0.2) is 41.5 Å². The van der Waals surface area contributed by atoms with Gasteiger partial charge in [0.2, 0.25) is 5.91 Å². The van der Waals surface area contributed by atoms with E-state index in [0.29, 0.717) is 6.42 Å². The number of imide groups is 1. The monoisotopic (exact) mass is 319 g/mol. The van der Waals surface area contributed by atoms with Gasteiger partial charge in [-0.05, 0) is 6.42 Å². The molecule has 0 aromatic rings. The van der Waals surface area contributed by atoms with E-state index in [1.54, 1.807) is 0 Å². The molecule has 0 spiro atoms. The van der Waals surface area contributed by atoms with Crippen molar-refractivity contribution in [1.82, 2.24) is 4.90 Å². The molecule has 0 bridgehead atoms. The fourth-order valence-corrected chi connectivity index (χ4v) is 3.26. The summed E-state index contributed by atoms with van der Waals surface area (Å²) in [5.74, 6) is -1.30. The number of carbonyl (C=O) groups is 2. The largest absolute Gasteiger partial charge is 0.285 e. The molecule has 7 heteroatoms. The van der Waals surface area contributed by atoms with Gasteiger partial charge in [0, 0.05) is 6.54 Å². The Kier molecular flexibility index (Phi) is 7.31. The average molecular weight is 319 g/mol. The second-order valence-corrected chi connectivity index (χ2v) is 7.17.